The van der Waals surface area contributed by atoms with E-state index in [1.165, 1.54) is 38.5 Å². The Labute approximate surface area is 69.7 Å². The van der Waals surface area contributed by atoms with Crippen LogP contribution >= 0.6 is 0 Å². The van der Waals surface area contributed by atoms with Crippen LogP contribution in [0.2, 0.25) is 0 Å². The van der Waals surface area contributed by atoms with Crippen molar-refractivity contribution in [2.75, 3.05) is 6.54 Å². The number of allylic oxidation sites excluding steroid dienone is 2. The predicted molar refractivity (Wildman–Crippen MR) is 49.4 cm³/mol. The van der Waals surface area contributed by atoms with Gasteiger partial charge in [0.25, 0.3) is 0 Å². The maximum Gasteiger partial charge on any atom is -0.00773 e. The van der Waals surface area contributed by atoms with Gasteiger partial charge in [-0.25, -0.2) is 0 Å². The van der Waals surface area contributed by atoms with Crippen LogP contribution in [0.4, 0.5) is 0 Å². The van der Waals surface area contributed by atoms with Crippen molar-refractivity contribution in [1.82, 2.24) is 0 Å². The van der Waals surface area contributed by atoms with E-state index in [1.54, 1.807) is 0 Å². The lowest BCUT2D eigenvalue weighted by molar-refractivity contribution is 0.427. The standard InChI is InChI=1S/C10H19N/c11-9-5-4-8-10-6-2-1-3-7-10/h1-2,10H,3-9,11H2. The molecule has 0 aromatic heterocycles. The van der Waals surface area contributed by atoms with E-state index in [4.69, 9.17) is 5.73 Å². The van der Waals surface area contributed by atoms with Crippen LogP contribution < -0.4 is 5.73 Å². The second-order valence-electron chi connectivity index (χ2n) is 3.43. The molecule has 1 heteroatoms. The van der Waals surface area contributed by atoms with Crippen LogP contribution in [0.25, 0.3) is 0 Å². The summed E-state index contributed by atoms with van der Waals surface area (Å²) in [6.07, 6.45) is 12.6. The molecule has 1 aliphatic carbocycles. The Hall–Kier alpha value is -0.300. The molecule has 1 nitrogen and oxygen atoms in total. The molecule has 11 heavy (non-hydrogen) atoms. The van der Waals surface area contributed by atoms with Crippen molar-refractivity contribution >= 4 is 0 Å². The Morgan fingerprint density at radius 3 is 2.82 bits per heavy atom. The van der Waals surface area contributed by atoms with Gasteiger partial charge < -0.3 is 5.73 Å². The summed E-state index contributed by atoms with van der Waals surface area (Å²) < 4.78 is 0. The molecule has 0 saturated heterocycles. The molecular weight excluding hydrogens is 134 g/mol. The molecule has 0 radical (unpaired) electrons. The Bertz CT molecular complexity index is 118. The van der Waals surface area contributed by atoms with Crippen LogP contribution in [-0.4, -0.2) is 6.54 Å². The normalized spacial score (nSPS) is 23.9. The predicted octanol–water partition coefficient (Wildman–Crippen LogP) is 2.47. The molecule has 0 aromatic rings. The van der Waals surface area contributed by atoms with Gasteiger partial charge in [-0.05, 0) is 38.1 Å². The molecule has 0 spiro atoms. The number of rotatable bonds is 4. The SMILES string of the molecule is NCCCCC1CC=CCC1. The summed E-state index contributed by atoms with van der Waals surface area (Å²) in [6, 6.07) is 0. The van der Waals surface area contributed by atoms with Gasteiger partial charge in [0.05, 0.1) is 0 Å². The van der Waals surface area contributed by atoms with E-state index in [1.807, 2.05) is 0 Å². The highest BCUT2D eigenvalue weighted by molar-refractivity contribution is 4.89. The third-order valence-corrected chi connectivity index (χ3v) is 2.44. The van der Waals surface area contributed by atoms with E-state index in [0.717, 1.165) is 12.5 Å². The maximum atomic E-state index is 5.43. The highest BCUT2D eigenvalue weighted by Gasteiger charge is 2.08. The Balaban J connectivity index is 2.02. The van der Waals surface area contributed by atoms with Crippen LogP contribution in [-0.2, 0) is 0 Å². The average molecular weight is 153 g/mol. The number of hydrogen-bond donors (Lipinski definition) is 1. The first-order valence-corrected chi connectivity index (χ1v) is 4.78. The first-order chi connectivity index (χ1) is 5.43. The van der Waals surface area contributed by atoms with Crippen LogP contribution in [0.3, 0.4) is 0 Å². The van der Waals surface area contributed by atoms with E-state index in [0.29, 0.717) is 0 Å². The maximum absolute atomic E-state index is 5.43. The van der Waals surface area contributed by atoms with Crippen LogP contribution in [0.15, 0.2) is 12.2 Å². The van der Waals surface area contributed by atoms with Gasteiger partial charge in [-0.1, -0.05) is 25.0 Å². The fourth-order valence-corrected chi connectivity index (χ4v) is 1.70. The summed E-state index contributed by atoms with van der Waals surface area (Å²) in [7, 11) is 0. The van der Waals surface area contributed by atoms with Gasteiger partial charge >= 0.3 is 0 Å². The third-order valence-electron chi connectivity index (χ3n) is 2.44. The lowest BCUT2D eigenvalue weighted by atomic mass is 9.90. The second-order valence-corrected chi connectivity index (χ2v) is 3.43. The summed E-state index contributed by atoms with van der Waals surface area (Å²) in [4.78, 5) is 0. The first-order valence-electron chi connectivity index (χ1n) is 4.78. The van der Waals surface area contributed by atoms with Crippen LogP contribution in [0.5, 0.6) is 0 Å². The molecule has 1 atom stereocenters. The molecule has 64 valence electrons. The molecule has 0 aliphatic heterocycles. The quantitative estimate of drug-likeness (QED) is 0.487. The van der Waals surface area contributed by atoms with Crippen molar-refractivity contribution < 1.29 is 0 Å². The second kappa shape index (κ2) is 5.36. The molecular formula is C10H19N. The van der Waals surface area contributed by atoms with Crippen molar-refractivity contribution in [3.63, 3.8) is 0 Å². The summed E-state index contributed by atoms with van der Waals surface area (Å²) in [5.74, 6) is 0.964. The summed E-state index contributed by atoms with van der Waals surface area (Å²) >= 11 is 0. The van der Waals surface area contributed by atoms with Gasteiger partial charge in [0.1, 0.15) is 0 Å². The molecule has 0 heterocycles. The van der Waals surface area contributed by atoms with Gasteiger partial charge in [0, 0.05) is 0 Å². The Morgan fingerprint density at radius 1 is 1.27 bits per heavy atom. The van der Waals surface area contributed by atoms with E-state index in [9.17, 15) is 0 Å². The smallest absolute Gasteiger partial charge is 0.00773 e. The Morgan fingerprint density at radius 2 is 2.18 bits per heavy atom. The lowest BCUT2D eigenvalue weighted by Gasteiger charge is -2.16. The molecule has 0 fully saturated rings. The number of nitrogens with two attached hydrogens (primary N) is 1. The van der Waals surface area contributed by atoms with E-state index < -0.39 is 0 Å². The number of unbranched alkanes of at least 4 members (excludes halogenated alkanes) is 1. The molecule has 0 amide bonds. The van der Waals surface area contributed by atoms with E-state index in [-0.39, 0.29) is 0 Å². The van der Waals surface area contributed by atoms with Gasteiger partial charge in [-0.15, -0.1) is 0 Å². The fourth-order valence-electron chi connectivity index (χ4n) is 1.70. The van der Waals surface area contributed by atoms with Crippen molar-refractivity contribution in [3.05, 3.63) is 12.2 Å². The zero-order chi connectivity index (χ0) is 7.94. The Kier molecular flexibility index (Phi) is 4.29. The van der Waals surface area contributed by atoms with Gasteiger partial charge in [0.2, 0.25) is 0 Å². The first kappa shape index (κ1) is 8.79. The van der Waals surface area contributed by atoms with Gasteiger partial charge in [0.15, 0.2) is 0 Å². The van der Waals surface area contributed by atoms with Gasteiger partial charge in [-0.2, -0.15) is 0 Å². The monoisotopic (exact) mass is 153 g/mol. The minimum Gasteiger partial charge on any atom is -0.330 e. The van der Waals surface area contributed by atoms with Crippen molar-refractivity contribution in [2.45, 2.75) is 38.5 Å². The zero-order valence-electron chi connectivity index (χ0n) is 7.26. The van der Waals surface area contributed by atoms with Crippen molar-refractivity contribution in [3.8, 4) is 0 Å². The van der Waals surface area contributed by atoms with Crippen molar-refractivity contribution in [2.24, 2.45) is 11.7 Å². The van der Waals surface area contributed by atoms with Crippen molar-refractivity contribution in [1.29, 1.82) is 0 Å². The summed E-state index contributed by atoms with van der Waals surface area (Å²) in [5.41, 5.74) is 5.43. The lowest BCUT2D eigenvalue weighted by Crippen LogP contribution is -2.04. The fraction of sp³-hybridized carbons (Fsp3) is 0.800. The summed E-state index contributed by atoms with van der Waals surface area (Å²) in [5, 5.41) is 0. The highest BCUT2D eigenvalue weighted by atomic mass is 14.5. The molecule has 0 saturated carbocycles. The molecule has 1 unspecified atom stereocenters. The topological polar surface area (TPSA) is 26.0 Å². The minimum absolute atomic E-state index is 0.864. The molecule has 1 rings (SSSR count). The third kappa shape index (κ3) is 3.57. The molecule has 0 aromatic carbocycles. The highest BCUT2D eigenvalue weighted by Crippen LogP contribution is 2.22. The molecule has 0 bridgehead atoms. The zero-order valence-corrected chi connectivity index (χ0v) is 7.26. The average Bonchev–Trinajstić information content (AvgIpc) is 2.07. The van der Waals surface area contributed by atoms with Crippen LogP contribution in [0, 0.1) is 5.92 Å². The van der Waals surface area contributed by atoms with Gasteiger partial charge in [-0.3, -0.25) is 0 Å². The van der Waals surface area contributed by atoms with E-state index >= 15 is 0 Å². The van der Waals surface area contributed by atoms with E-state index in [2.05, 4.69) is 12.2 Å². The minimum atomic E-state index is 0.864. The molecule has 2 N–H and O–H groups in total. The van der Waals surface area contributed by atoms with Crippen LogP contribution in [0.1, 0.15) is 38.5 Å². The molecule has 1 aliphatic rings. The number of hydrogen-bond acceptors (Lipinski definition) is 1. The largest absolute Gasteiger partial charge is 0.330 e. The summed E-state index contributed by atoms with van der Waals surface area (Å²) in [6.45, 7) is 0.864.